The summed E-state index contributed by atoms with van der Waals surface area (Å²) in [5.41, 5.74) is 1.89. The Balaban J connectivity index is 1.75. The van der Waals surface area contributed by atoms with Gasteiger partial charge in [-0.1, -0.05) is 39.6 Å². The number of carbonyl (C=O) groups excluding carboxylic acids is 1. The lowest BCUT2D eigenvalue weighted by atomic mass is 9.49. The number of fused-ring (bicyclic) bond motifs is 1. The summed E-state index contributed by atoms with van der Waals surface area (Å²) < 4.78 is 5.67. The Morgan fingerprint density at radius 3 is 2.63 bits per heavy atom. The first-order chi connectivity index (χ1) is 8.70. The van der Waals surface area contributed by atoms with Crippen molar-refractivity contribution in [1.29, 1.82) is 0 Å². The van der Waals surface area contributed by atoms with Gasteiger partial charge in [0.2, 0.25) is 0 Å². The quantitative estimate of drug-likeness (QED) is 0.545. The van der Waals surface area contributed by atoms with Crippen molar-refractivity contribution in [2.45, 2.75) is 52.4 Å². The first-order valence-electron chi connectivity index (χ1n) is 7.48. The number of carbonyl (C=O) groups is 1. The van der Waals surface area contributed by atoms with Gasteiger partial charge in [0.05, 0.1) is 14.7 Å². The van der Waals surface area contributed by atoms with Gasteiger partial charge in [-0.15, -0.1) is 0 Å². The van der Waals surface area contributed by atoms with Crippen molar-refractivity contribution in [3.8, 4) is 0 Å². The maximum Gasteiger partial charge on any atom is 0.155 e. The molecule has 0 amide bonds. The van der Waals surface area contributed by atoms with Crippen LogP contribution in [0.15, 0.2) is 11.6 Å². The van der Waals surface area contributed by atoms with Crippen molar-refractivity contribution in [2.75, 3.05) is 13.2 Å². The van der Waals surface area contributed by atoms with Gasteiger partial charge in [0.25, 0.3) is 0 Å². The molecule has 0 N–H and O–H groups in total. The molecule has 3 aliphatic rings. The molecule has 1 fully saturated rings. The fourth-order valence-electron chi connectivity index (χ4n) is 3.57. The maximum absolute atomic E-state index is 11.8. The first kappa shape index (κ1) is 15.0. The summed E-state index contributed by atoms with van der Waals surface area (Å²) in [6.07, 6.45) is 4.88. The highest BCUT2D eigenvalue weighted by Crippen LogP contribution is 2.59. The van der Waals surface area contributed by atoms with Crippen molar-refractivity contribution in [1.82, 2.24) is 0 Å². The Morgan fingerprint density at radius 1 is 1.42 bits per heavy atom. The molecule has 0 aliphatic heterocycles. The molecule has 2 atom stereocenters. The molecule has 1 saturated carbocycles. The molecular weight excluding hydrogens is 252 g/mol. The van der Waals surface area contributed by atoms with Gasteiger partial charge in [0, 0.05) is 6.04 Å². The number of allylic oxidation sites excluding steroid dienone is 1. The number of hydrogen-bond donors (Lipinski definition) is 0. The van der Waals surface area contributed by atoms with E-state index in [0.29, 0.717) is 24.5 Å². The molecule has 2 nitrogen and oxygen atoms in total. The van der Waals surface area contributed by atoms with E-state index in [-0.39, 0.29) is 5.78 Å². The van der Waals surface area contributed by atoms with E-state index in [0.717, 1.165) is 12.0 Å². The number of hydrogen-bond acceptors (Lipinski definition) is 2. The summed E-state index contributed by atoms with van der Waals surface area (Å²) in [5.74, 6) is 1.84. The summed E-state index contributed by atoms with van der Waals surface area (Å²) >= 11 is 0. The average Bonchev–Trinajstić information content (AvgIpc) is 2.26. The predicted octanol–water partition coefficient (Wildman–Crippen LogP) is 3.90. The molecule has 0 aromatic rings. The van der Waals surface area contributed by atoms with Crippen molar-refractivity contribution in [2.24, 2.45) is 17.3 Å². The molecular formula is C16H28O2Si. The molecule has 0 aromatic heterocycles. The molecule has 3 heteroatoms. The van der Waals surface area contributed by atoms with E-state index >= 15 is 0 Å². The van der Waals surface area contributed by atoms with E-state index in [9.17, 15) is 4.79 Å². The second kappa shape index (κ2) is 5.17. The molecule has 3 aliphatic carbocycles. The summed E-state index contributed by atoms with van der Waals surface area (Å²) in [4.78, 5) is 11.8. The monoisotopic (exact) mass is 280 g/mol. The van der Waals surface area contributed by atoms with Gasteiger partial charge in [0.1, 0.15) is 6.61 Å². The SMILES string of the molecule is CC1(C)[C@H]2CC=C(COCC(=O)C[Si](C)(C)C)[C@@H]1C2. The van der Waals surface area contributed by atoms with Crippen LogP contribution in [0.1, 0.15) is 26.7 Å². The zero-order chi connectivity index (χ0) is 14.3. The lowest BCUT2D eigenvalue weighted by Gasteiger charge is -2.56. The minimum atomic E-state index is -1.28. The zero-order valence-electron chi connectivity index (χ0n) is 13.1. The van der Waals surface area contributed by atoms with Crippen LogP contribution in [0.5, 0.6) is 0 Å². The normalized spacial score (nSPS) is 28.6. The second-order valence-electron chi connectivity index (χ2n) is 8.09. The molecule has 0 saturated heterocycles. The van der Waals surface area contributed by atoms with E-state index in [1.807, 2.05) is 0 Å². The molecule has 0 unspecified atom stereocenters. The van der Waals surface area contributed by atoms with Crippen molar-refractivity contribution in [3.63, 3.8) is 0 Å². The van der Waals surface area contributed by atoms with Crippen LogP contribution in [0.3, 0.4) is 0 Å². The van der Waals surface area contributed by atoms with Crippen LogP contribution < -0.4 is 0 Å². The Bertz CT molecular complexity index is 390. The van der Waals surface area contributed by atoms with E-state index in [1.54, 1.807) is 0 Å². The van der Waals surface area contributed by atoms with Gasteiger partial charge in [-0.3, -0.25) is 4.79 Å². The van der Waals surface area contributed by atoms with Crippen LogP contribution in [-0.2, 0) is 9.53 Å². The van der Waals surface area contributed by atoms with Crippen LogP contribution in [-0.4, -0.2) is 27.1 Å². The maximum atomic E-state index is 11.8. The minimum absolute atomic E-state index is 0.279. The van der Waals surface area contributed by atoms with Crippen LogP contribution in [0.25, 0.3) is 0 Å². The molecule has 0 aromatic carbocycles. The zero-order valence-corrected chi connectivity index (χ0v) is 14.1. The number of rotatable bonds is 6. The lowest BCUT2D eigenvalue weighted by Crippen LogP contribution is -2.48. The topological polar surface area (TPSA) is 26.3 Å². The number of Topliss-reactive ketones (excluding diaryl/α,β-unsaturated/α-hetero) is 1. The summed E-state index contributed by atoms with van der Waals surface area (Å²) in [7, 11) is -1.28. The van der Waals surface area contributed by atoms with Gasteiger partial charge in [-0.25, -0.2) is 0 Å². The van der Waals surface area contributed by atoms with E-state index in [4.69, 9.17) is 4.74 Å². The molecule has 2 bridgehead atoms. The minimum Gasteiger partial charge on any atom is -0.369 e. The molecule has 108 valence electrons. The van der Waals surface area contributed by atoms with Gasteiger partial charge < -0.3 is 4.74 Å². The molecule has 3 rings (SSSR count). The van der Waals surface area contributed by atoms with Gasteiger partial charge in [0.15, 0.2) is 5.78 Å². The van der Waals surface area contributed by atoms with Crippen LogP contribution in [0.2, 0.25) is 25.7 Å². The van der Waals surface area contributed by atoms with Crippen LogP contribution in [0.4, 0.5) is 0 Å². The lowest BCUT2D eigenvalue weighted by molar-refractivity contribution is -0.121. The molecule has 0 radical (unpaired) electrons. The van der Waals surface area contributed by atoms with Gasteiger partial charge >= 0.3 is 0 Å². The highest BCUT2D eigenvalue weighted by atomic mass is 28.3. The Morgan fingerprint density at radius 2 is 2.11 bits per heavy atom. The number of ketones is 1. The Kier molecular flexibility index (Phi) is 4.08. The first-order valence-corrected chi connectivity index (χ1v) is 11.2. The molecule has 0 spiro atoms. The average molecular weight is 280 g/mol. The third-order valence-electron chi connectivity index (χ3n) is 4.84. The van der Waals surface area contributed by atoms with E-state index in [2.05, 4.69) is 39.6 Å². The van der Waals surface area contributed by atoms with Crippen LogP contribution in [0, 0.1) is 17.3 Å². The van der Waals surface area contributed by atoms with Crippen LogP contribution >= 0.6 is 0 Å². The van der Waals surface area contributed by atoms with Gasteiger partial charge in [-0.05, 0) is 35.7 Å². The largest absolute Gasteiger partial charge is 0.369 e. The van der Waals surface area contributed by atoms with E-state index < -0.39 is 8.07 Å². The van der Waals surface area contributed by atoms with E-state index in [1.165, 1.54) is 18.4 Å². The van der Waals surface area contributed by atoms with Gasteiger partial charge in [-0.2, -0.15) is 0 Å². The second-order valence-corrected chi connectivity index (χ2v) is 13.6. The highest BCUT2D eigenvalue weighted by molar-refractivity contribution is 6.78. The summed E-state index contributed by atoms with van der Waals surface area (Å²) in [6, 6.07) is 0.739. The molecule has 19 heavy (non-hydrogen) atoms. The fraction of sp³-hybridized carbons (Fsp3) is 0.812. The molecule has 0 heterocycles. The fourth-order valence-corrected chi connectivity index (χ4v) is 4.85. The Hall–Kier alpha value is -0.413. The third kappa shape index (κ3) is 3.37. The third-order valence-corrected chi connectivity index (χ3v) is 6.30. The Labute approximate surface area is 118 Å². The predicted molar refractivity (Wildman–Crippen MR) is 82.1 cm³/mol. The number of ether oxygens (including phenoxy) is 1. The smallest absolute Gasteiger partial charge is 0.155 e. The van der Waals surface area contributed by atoms with Crippen molar-refractivity contribution in [3.05, 3.63) is 11.6 Å². The summed E-state index contributed by atoms with van der Waals surface area (Å²) in [6.45, 7) is 12.4. The van der Waals surface area contributed by atoms with Crippen molar-refractivity contribution >= 4 is 13.9 Å². The standard InChI is InChI=1S/C16H28O2Si/c1-16(2)13-7-6-12(15(16)8-13)9-18-10-14(17)11-19(3,4)5/h6,13,15H,7-11H2,1-5H3/t13-,15-/m0/s1. The summed E-state index contributed by atoms with van der Waals surface area (Å²) in [5, 5.41) is 0. The van der Waals surface area contributed by atoms with Crippen molar-refractivity contribution < 1.29 is 9.53 Å². The highest BCUT2D eigenvalue weighted by Gasteiger charge is 2.50.